The molecule has 1 aromatic heterocycles. The van der Waals surface area contributed by atoms with E-state index in [1.165, 1.54) is 0 Å². The van der Waals surface area contributed by atoms with Crippen molar-refractivity contribution in [1.29, 1.82) is 0 Å². The largest absolute Gasteiger partial charge is 0.479 e. The molecule has 1 heterocycles. The second-order valence-corrected chi connectivity index (χ2v) is 6.61. The second kappa shape index (κ2) is 8.63. The van der Waals surface area contributed by atoms with Crippen molar-refractivity contribution in [3.8, 4) is 5.75 Å². The maximum absolute atomic E-state index is 12.6. The van der Waals surface area contributed by atoms with Gasteiger partial charge in [0.1, 0.15) is 5.75 Å². The number of hydrogen-bond acceptors (Lipinski definition) is 4. The molecular formula is C21H18BrNO3. The van der Waals surface area contributed by atoms with Crippen LogP contribution in [0.25, 0.3) is 0 Å². The lowest BCUT2D eigenvalue weighted by Crippen LogP contribution is -2.28. The summed E-state index contributed by atoms with van der Waals surface area (Å²) in [5, 5.41) is 0. The normalized spacial score (nSPS) is 12.8. The molecule has 0 fully saturated rings. The van der Waals surface area contributed by atoms with Crippen LogP contribution in [0.3, 0.4) is 0 Å². The number of ether oxygens (including phenoxy) is 2. The Bertz CT molecular complexity index is 799. The first-order valence-electron chi connectivity index (χ1n) is 8.22. The molecule has 0 saturated carbocycles. The molecule has 3 aromatic rings. The summed E-state index contributed by atoms with van der Waals surface area (Å²) in [5.74, 6) is 0.152. The molecular weight excluding hydrogens is 394 g/mol. The molecule has 0 bridgehead atoms. The van der Waals surface area contributed by atoms with E-state index < -0.39 is 18.2 Å². The maximum Gasteiger partial charge on any atom is 0.348 e. The van der Waals surface area contributed by atoms with E-state index in [0.29, 0.717) is 11.4 Å². The highest BCUT2D eigenvalue weighted by Crippen LogP contribution is 2.25. The molecule has 2 aromatic carbocycles. The SMILES string of the molecule is CC(Oc1ccc(Br)cc1)C(=O)OC(c1ccccc1)c1ccccn1. The number of carbonyl (C=O) groups is 1. The second-order valence-electron chi connectivity index (χ2n) is 5.70. The van der Waals surface area contributed by atoms with Crippen LogP contribution in [0.1, 0.15) is 24.3 Å². The van der Waals surface area contributed by atoms with Gasteiger partial charge in [0.25, 0.3) is 0 Å². The molecule has 0 amide bonds. The van der Waals surface area contributed by atoms with Gasteiger partial charge >= 0.3 is 5.97 Å². The number of rotatable bonds is 6. The molecule has 0 saturated heterocycles. The van der Waals surface area contributed by atoms with Crippen LogP contribution in [0.15, 0.2) is 83.5 Å². The highest BCUT2D eigenvalue weighted by atomic mass is 79.9. The van der Waals surface area contributed by atoms with Crippen LogP contribution in [-0.4, -0.2) is 17.1 Å². The number of esters is 1. The molecule has 0 radical (unpaired) electrons. The molecule has 5 heteroatoms. The number of hydrogen-bond donors (Lipinski definition) is 0. The minimum Gasteiger partial charge on any atom is -0.479 e. The van der Waals surface area contributed by atoms with Crippen molar-refractivity contribution in [3.05, 3.63) is 94.7 Å². The Balaban J connectivity index is 1.75. The van der Waals surface area contributed by atoms with E-state index in [1.54, 1.807) is 25.3 Å². The van der Waals surface area contributed by atoms with Gasteiger partial charge < -0.3 is 9.47 Å². The predicted octanol–water partition coefficient (Wildman–Crippen LogP) is 4.94. The summed E-state index contributed by atoms with van der Waals surface area (Å²) in [6.07, 6.45) is 0.355. The molecule has 2 atom stereocenters. The highest BCUT2D eigenvalue weighted by Gasteiger charge is 2.24. The van der Waals surface area contributed by atoms with Gasteiger partial charge in [-0.25, -0.2) is 4.79 Å². The third-order valence-corrected chi connectivity index (χ3v) is 4.28. The minimum atomic E-state index is -0.744. The number of carbonyl (C=O) groups excluding carboxylic acids is 1. The van der Waals surface area contributed by atoms with Crippen molar-refractivity contribution >= 4 is 21.9 Å². The van der Waals surface area contributed by atoms with E-state index in [-0.39, 0.29) is 0 Å². The summed E-state index contributed by atoms with van der Waals surface area (Å²) >= 11 is 3.37. The zero-order chi connectivity index (χ0) is 18.4. The zero-order valence-electron chi connectivity index (χ0n) is 14.2. The Morgan fingerprint density at radius 2 is 1.65 bits per heavy atom. The Labute approximate surface area is 160 Å². The third kappa shape index (κ3) is 4.70. The summed E-state index contributed by atoms with van der Waals surface area (Å²) in [5.41, 5.74) is 1.53. The van der Waals surface area contributed by atoms with E-state index in [0.717, 1.165) is 10.0 Å². The number of aromatic nitrogens is 1. The fraction of sp³-hybridized carbons (Fsp3) is 0.143. The Kier molecular flexibility index (Phi) is 6.02. The van der Waals surface area contributed by atoms with E-state index in [1.807, 2.05) is 60.7 Å². The Hall–Kier alpha value is -2.66. The lowest BCUT2D eigenvalue weighted by atomic mass is 10.1. The Morgan fingerprint density at radius 1 is 0.962 bits per heavy atom. The van der Waals surface area contributed by atoms with E-state index in [4.69, 9.17) is 9.47 Å². The van der Waals surface area contributed by atoms with Crippen molar-refractivity contribution < 1.29 is 14.3 Å². The van der Waals surface area contributed by atoms with Gasteiger partial charge in [-0.3, -0.25) is 4.98 Å². The van der Waals surface area contributed by atoms with E-state index in [2.05, 4.69) is 20.9 Å². The number of pyridine rings is 1. The average molecular weight is 412 g/mol. The van der Waals surface area contributed by atoms with Gasteiger partial charge in [-0.2, -0.15) is 0 Å². The molecule has 4 nitrogen and oxygen atoms in total. The van der Waals surface area contributed by atoms with Crippen molar-refractivity contribution in [3.63, 3.8) is 0 Å². The van der Waals surface area contributed by atoms with Crippen LogP contribution in [0.2, 0.25) is 0 Å². The molecule has 132 valence electrons. The van der Waals surface area contributed by atoms with Crippen LogP contribution in [0, 0.1) is 0 Å². The summed E-state index contributed by atoms with van der Waals surface area (Å²) in [4.78, 5) is 16.9. The quantitative estimate of drug-likeness (QED) is 0.538. The zero-order valence-corrected chi connectivity index (χ0v) is 15.8. The standard InChI is InChI=1S/C21H18BrNO3/c1-15(25-18-12-10-17(22)11-13-18)21(24)26-20(16-7-3-2-4-8-16)19-9-5-6-14-23-19/h2-15,20H,1H3. The molecule has 26 heavy (non-hydrogen) atoms. The fourth-order valence-electron chi connectivity index (χ4n) is 2.44. The molecule has 0 spiro atoms. The highest BCUT2D eigenvalue weighted by molar-refractivity contribution is 9.10. The van der Waals surface area contributed by atoms with E-state index >= 15 is 0 Å². The third-order valence-electron chi connectivity index (χ3n) is 3.75. The fourth-order valence-corrected chi connectivity index (χ4v) is 2.70. The van der Waals surface area contributed by atoms with Crippen molar-refractivity contribution in [1.82, 2.24) is 4.98 Å². The van der Waals surface area contributed by atoms with Crippen molar-refractivity contribution in [2.24, 2.45) is 0 Å². The maximum atomic E-state index is 12.6. The molecule has 2 unspecified atom stereocenters. The minimum absolute atomic E-state index is 0.451. The van der Waals surface area contributed by atoms with Crippen LogP contribution in [0.4, 0.5) is 0 Å². The van der Waals surface area contributed by atoms with Crippen molar-refractivity contribution in [2.45, 2.75) is 19.1 Å². The summed E-state index contributed by atoms with van der Waals surface area (Å²) in [7, 11) is 0. The first-order valence-corrected chi connectivity index (χ1v) is 9.01. The van der Waals surface area contributed by atoms with E-state index in [9.17, 15) is 4.79 Å². The number of halogens is 1. The van der Waals surface area contributed by atoms with Crippen LogP contribution < -0.4 is 4.74 Å². The van der Waals surface area contributed by atoms with Crippen LogP contribution in [0.5, 0.6) is 5.75 Å². The molecule has 3 rings (SSSR count). The summed E-state index contributed by atoms with van der Waals surface area (Å²) in [6.45, 7) is 1.67. The average Bonchev–Trinajstić information content (AvgIpc) is 2.69. The number of benzene rings is 2. The van der Waals surface area contributed by atoms with Crippen LogP contribution >= 0.6 is 15.9 Å². The molecule has 0 aliphatic rings. The van der Waals surface area contributed by atoms with Gasteiger partial charge in [0.15, 0.2) is 12.2 Å². The summed E-state index contributed by atoms with van der Waals surface area (Å²) in [6, 6.07) is 22.4. The van der Waals surface area contributed by atoms with Gasteiger partial charge in [-0.05, 0) is 48.9 Å². The van der Waals surface area contributed by atoms with Crippen LogP contribution in [-0.2, 0) is 9.53 Å². The van der Waals surface area contributed by atoms with Gasteiger partial charge in [-0.1, -0.05) is 52.3 Å². The first-order chi connectivity index (χ1) is 12.6. The van der Waals surface area contributed by atoms with Gasteiger partial charge in [0, 0.05) is 10.7 Å². The van der Waals surface area contributed by atoms with Gasteiger partial charge in [-0.15, -0.1) is 0 Å². The lowest BCUT2D eigenvalue weighted by Gasteiger charge is -2.21. The van der Waals surface area contributed by atoms with Gasteiger partial charge in [0.05, 0.1) is 5.69 Å². The molecule has 0 aliphatic heterocycles. The predicted molar refractivity (Wildman–Crippen MR) is 103 cm³/mol. The van der Waals surface area contributed by atoms with Gasteiger partial charge in [0.2, 0.25) is 0 Å². The first kappa shape index (κ1) is 18.1. The summed E-state index contributed by atoms with van der Waals surface area (Å²) < 4.78 is 12.4. The van der Waals surface area contributed by atoms with Crippen molar-refractivity contribution in [2.75, 3.05) is 0 Å². The smallest absolute Gasteiger partial charge is 0.348 e. The number of nitrogens with zero attached hydrogens (tertiary/aromatic N) is 1. The lowest BCUT2D eigenvalue weighted by molar-refractivity contribution is -0.155. The molecule has 0 aliphatic carbocycles. The monoisotopic (exact) mass is 411 g/mol. The Morgan fingerprint density at radius 3 is 2.31 bits per heavy atom. The molecule has 0 N–H and O–H groups in total. The topological polar surface area (TPSA) is 48.4 Å².